The van der Waals surface area contributed by atoms with Gasteiger partial charge in [0.15, 0.2) is 16.8 Å². The summed E-state index contributed by atoms with van der Waals surface area (Å²) in [5.74, 6) is 1.43. The molecule has 0 saturated heterocycles. The number of rotatable bonds is 11. The highest BCUT2D eigenvalue weighted by molar-refractivity contribution is 7.99. The number of amides is 1. The van der Waals surface area contributed by atoms with E-state index in [-0.39, 0.29) is 29.4 Å². The Bertz CT molecular complexity index is 1140. The van der Waals surface area contributed by atoms with Gasteiger partial charge in [0.2, 0.25) is 0 Å². The van der Waals surface area contributed by atoms with Crippen LogP contribution in [0.4, 0.5) is 0 Å². The summed E-state index contributed by atoms with van der Waals surface area (Å²) in [4.78, 5) is 25.6. The molecule has 0 aliphatic carbocycles. The molecule has 2 aromatic carbocycles. The SMILES string of the molecule is C=CCn1c(SCC(=O)c2ccc(OC)cc2)nnc1C(NC(=O)c1ccc(C)cc1)C(C)C. The second kappa shape index (κ2) is 11.7. The van der Waals surface area contributed by atoms with Crippen LogP contribution in [0.15, 0.2) is 66.3 Å². The van der Waals surface area contributed by atoms with E-state index in [4.69, 9.17) is 4.74 Å². The smallest absolute Gasteiger partial charge is 0.251 e. The quantitative estimate of drug-likeness (QED) is 0.240. The van der Waals surface area contributed by atoms with Crippen molar-refractivity contribution in [3.05, 3.63) is 83.7 Å². The molecule has 8 heteroatoms. The van der Waals surface area contributed by atoms with Gasteiger partial charge in [-0.05, 0) is 49.2 Å². The molecule has 1 heterocycles. The van der Waals surface area contributed by atoms with E-state index >= 15 is 0 Å². The lowest BCUT2D eigenvalue weighted by atomic mass is 10.0. The highest BCUT2D eigenvalue weighted by Gasteiger charge is 2.26. The van der Waals surface area contributed by atoms with Crippen molar-refractivity contribution >= 4 is 23.5 Å². The Hall–Kier alpha value is -3.39. The van der Waals surface area contributed by atoms with Crippen LogP contribution in [0.3, 0.4) is 0 Å². The fourth-order valence-corrected chi connectivity index (χ4v) is 4.24. The minimum atomic E-state index is -0.354. The molecule has 0 fully saturated rings. The van der Waals surface area contributed by atoms with Gasteiger partial charge in [0, 0.05) is 17.7 Å². The number of methoxy groups -OCH3 is 1. The second-order valence-electron chi connectivity index (χ2n) is 8.24. The van der Waals surface area contributed by atoms with Crippen molar-refractivity contribution in [1.82, 2.24) is 20.1 Å². The Labute approximate surface area is 204 Å². The lowest BCUT2D eigenvalue weighted by molar-refractivity contribution is 0.0921. The van der Waals surface area contributed by atoms with Crippen molar-refractivity contribution in [3.63, 3.8) is 0 Å². The van der Waals surface area contributed by atoms with Crippen molar-refractivity contribution in [3.8, 4) is 5.75 Å². The molecule has 3 rings (SSSR count). The molecule has 0 spiro atoms. The maximum atomic E-state index is 12.9. The number of hydrogen-bond donors (Lipinski definition) is 1. The summed E-state index contributed by atoms with van der Waals surface area (Å²) in [6.45, 7) is 10.3. The third-order valence-corrected chi connectivity index (χ3v) is 6.31. The number of aryl methyl sites for hydroxylation is 1. The molecule has 0 saturated carbocycles. The van der Waals surface area contributed by atoms with E-state index in [0.29, 0.717) is 34.4 Å². The molecule has 0 bridgehead atoms. The molecule has 1 N–H and O–H groups in total. The maximum Gasteiger partial charge on any atom is 0.251 e. The molecule has 1 atom stereocenters. The lowest BCUT2D eigenvalue weighted by Crippen LogP contribution is -2.33. The first-order valence-electron chi connectivity index (χ1n) is 11.1. The van der Waals surface area contributed by atoms with Gasteiger partial charge in [-0.25, -0.2) is 0 Å². The number of ketones is 1. The molecule has 1 unspecified atom stereocenters. The van der Waals surface area contributed by atoms with Crippen LogP contribution < -0.4 is 10.1 Å². The number of aromatic nitrogens is 3. The zero-order valence-corrected chi connectivity index (χ0v) is 20.8. The summed E-state index contributed by atoms with van der Waals surface area (Å²) in [5, 5.41) is 12.4. The standard InChI is InChI=1S/C26H30N4O3S/c1-6-15-30-24(23(17(2)3)27-25(32)20-9-7-18(4)8-10-20)28-29-26(30)34-16-22(31)19-11-13-21(33-5)14-12-19/h6-14,17,23H,1,15-16H2,2-5H3,(H,27,32). The van der Waals surface area contributed by atoms with Gasteiger partial charge in [0.05, 0.1) is 18.9 Å². The first-order chi connectivity index (χ1) is 16.3. The molecule has 178 valence electrons. The van der Waals surface area contributed by atoms with Crippen LogP contribution in [0.2, 0.25) is 0 Å². The topological polar surface area (TPSA) is 86.1 Å². The summed E-state index contributed by atoms with van der Waals surface area (Å²) < 4.78 is 7.05. The molecular weight excluding hydrogens is 448 g/mol. The second-order valence-corrected chi connectivity index (χ2v) is 9.18. The third-order valence-electron chi connectivity index (χ3n) is 5.35. The summed E-state index contributed by atoms with van der Waals surface area (Å²) in [7, 11) is 1.59. The van der Waals surface area contributed by atoms with Crippen LogP contribution in [-0.2, 0) is 6.54 Å². The average Bonchev–Trinajstić information content (AvgIpc) is 3.23. The summed E-state index contributed by atoms with van der Waals surface area (Å²) in [6, 6.07) is 14.1. The number of carbonyl (C=O) groups excluding carboxylic acids is 2. The number of Topliss-reactive ketones (excluding diaryl/α,β-unsaturated/α-hetero) is 1. The van der Waals surface area contributed by atoms with E-state index in [1.807, 2.05) is 49.6 Å². The number of hydrogen-bond acceptors (Lipinski definition) is 6. The first-order valence-corrected chi connectivity index (χ1v) is 12.0. The fraction of sp³-hybridized carbons (Fsp3) is 0.308. The molecular formula is C26H30N4O3S. The zero-order chi connectivity index (χ0) is 24.7. The lowest BCUT2D eigenvalue weighted by Gasteiger charge is -2.22. The van der Waals surface area contributed by atoms with E-state index < -0.39 is 0 Å². The number of carbonyl (C=O) groups is 2. The third kappa shape index (κ3) is 6.14. The van der Waals surface area contributed by atoms with E-state index in [1.54, 1.807) is 37.5 Å². The Kier molecular flexibility index (Phi) is 8.65. The monoisotopic (exact) mass is 478 g/mol. The summed E-state index contributed by atoms with van der Waals surface area (Å²) in [6.07, 6.45) is 1.75. The van der Waals surface area contributed by atoms with Crippen LogP contribution >= 0.6 is 11.8 Å². The summed E-state index contributed by atoms with van der Waals surface area (Å²) >= 11 is 1.31. The maximum absolute atomic E-state index is 12.9. The Balaban J connectivity index is 1.78. The number of benzene rings is 2. The molecule has 0 aliphatic rings. The molecule has 0 radical (unpaired) electrons. The van der Waals surface area contributed by atoms with Crippen molar-refractivity contribution in [1.29, 1.82) is 0 Å². The van der Waals surface area contributed by atoms with Crippen molar-refractivity contribution in [2.45, 2.75) is 38.5 Å². The van der Waals surface area contributed by atoms with Gasteiger partial charge in [-0.15, -0.1) is 16.8 Å². The molecule has 7 nitrogen and oxygen atoms in total. The van der Waals surface area contributed by atoms with Crippen LogP contribution in [0.1, 0.15) is 52.0 Å². The van der Waals surface area contributed by atoms with Crippen LogP contribution in [0.25, 0.3) is 0 Å². The van der Waals surface area contributed by atoms with Gasteiger partial charge < -0.3 is 14.6 Å². The van der Waals surface area contributed by atoms with Crippen molar-refractivity contribution in [2.75, 3.05) is 12.9 Å². The van der Waals surface area contributed by atoms with E-state index in [2.05, 4.69) is 22.1 Å². The Morgan fingerprint density at radius 1 is 1.09 bits per heavy atom. The first kappa shape index (κ1) is 25.2. The van der Waals surface area contributed by atoms with Gasteiger partial charge >= 0.3 is 0 Å². The predicted molar refractivity (Wildman–Crippen MR) is 134 cm³/mol. The van der Waals surface area contributed by atoms with Crippen LogP contribution in [0, 0.1) is 12.8 Å². The van der Waals surface area contributed by atoms with E-state index in [1.165, 1.54) is 11.8 Å². The molecule has 3 aromatic rings. The summed E-state index contributed by atoms with van der Waals surface area (Å²) in [5.41, 5.74) is 2.29. The van der Waals surface area contributed by atoms with Crippen molar-refractivity contribution < 1.29 is 14.3 Å². The number of allylic oxidation sites excluding steroid dienone is 1. The Morgan fingerprint density at radius 3 is 2.32 bits per heavy atom. The zero-order valence-electron chi connectivity index (χ0n) is 19.9. The van der Waals surface area contributed by atoms with Gasteiger partial charge in [-0.3, -0.25) is 9.59 Å². The minimum absolute atomic E-state index is 0.0181. The number of thioether (sulfide) groups is 1. The molecule has 0 aliphatic heterocycles. The minimum Gasteiger partial charge on any atom is -0.497 e. The number of nitrogens with zero attached hydrogens (tertiary/aromatic N) is 3. The van der Waals surface area contributed by atoms with E-state index in [0.717, 1.165) is 5.56 Å². The van der Waals surface area contributed by atoms with Crippen molar-refractivity contribution in [2.24, 2.45) is 5.92 Å². The molecule has 1 aromatic heterocycles. The number of nitrogens with one attached hydrogen (secondary N) is 1. The van der Waals surface area contributed by atoms with E-state index in [9.17, 15) is 9.59 Å². The fourth-order valence-electron chi connectivity index (χ4n) is 3.39. The normalized spacial score (nSPS) is 11.8. The van der Waals surface area contributed by atoms with Gasteiger partial charge in [-0.1, -0.05) is 49.4 Å². The van der Waals surface area contributed by atoms with Crippen LogP contribution in [-0.4, -0.2) is 39.3 Å². The van der Waals surface area contributed by atoms with Gasteiger partial charge in [0.1, 0.15) is 5.75 Å². The van der Waals surface area contributed by atoms with Crippen LogP contribution in [0.5, 0.6) is 5.75 Å². The Morgan fingerprint density at radius 2 is 1.74 bits per heavy atom. The molecule has 34 heavy (non-hydrogen) atoms. The highest BCUT2D eigenvalue weighted by Crippen LogP contribution is 2.26. The largest absolute Gasteiger partial charge is 0.497 e. The average molecular weight is 479 g/mol. The number of ether oxygens (including phenoxy) is 1. The molecule has 1 amide bonds. The van der Waals surface area contributed by atoms with Gasteiger partial charge in [-0.2, -0.15) is 0 Å². The van der Waals surface area contributed by atoms with Gasteiger partial charge in [0.25, 0.3) is 5.91 Å². The highest BCUT2D eigenvalue weighted by atomic mass is 32.2. The predicted octanol–water partition coefficient (Wildman–Crippen LogP) is 4.88.